The maximum Gasteiger partial charge on any atom is 0.251 e. The zero-order valence-electron chi connectivity index (χ0n) is 24.1. The van der Waals surface area contributed by atoms with Crippen LogP contribution in [0.3, 0.4) is 0 Å². The number of carbonyl (C=O) groups excluding carboxylic acids is 4. The van der Waals surface area contributed by atoms with Crippen molar-refractivity contribution < 1.29 is 19.2 Å². The molecule has 0 radical (unpaired) electrons. The molecule has 5 atom stereocenters. The van der Waals surface area contributed by atoms with E-state index in [1.807, 2.05) is 48.5 Å². The number of rotatable bonds is 8. The normalized spacial score (nSPS) is 25.8. The molecule has 3 amide bonds. The summed E-state index contributed by atoms with van der Waals surface area (Å²) < 4.78 is 0. The second kappa shape index (κ2) is 14.1. The van der Waals surface area contributed by atoms with Gasteiger partial charge in [-0.15, -0.1) is 0 Å². The van der Waals surface area contributed by atoms with Gasteiger partial charge in [0.2, 0.25) is 11.8 Å². The Morgan fingerprint density at radius 1 is 0.756 bits per heavy atom. The fourth-order valence-corrected chi connectivity index (χ4v) is 7.28. The second-order valence-electron chi connectivity index (χ2n) is 12.3. The first-order valence-electron chi connectivity index (χ1n) is 15.8. The molecule has 3 fully saturated rings. The quantitative estimate of drug-likeness (QED) is 0.286. The van der Waals surface area contributed by atoms with Crippen molar-refractivity contribution in [2.45, 2.75) is 102 Å². The molecule has 2 aromatic carbocycles. The summed E-state index contributed by atoms with van der Waals surface area (Å²) in [5, 5.41) is 3.08. The van der Waals surface area contributed by atoms with Crippen molar-refractivity contribution in [3.63, 3.8) is 0 Å². The Morgan fingerprint density at radius 3 is 2.07 bits per heavy atom. The highest BCUT2D eigenvalue weighted by atomic mass is 16.2. The Kier molecular flexibility index (Phi) is 10.0. The van der Waals surface area contributed by atoms with E-state index in [-0.39, 0.29) is 53.7 Å². The summed E-state index contributed by atoms with van der Waals surface area (Å²) in [6.45, 7) is 0. The number of likely N-dealkylation sites (tertiary alicyclic amines) is 1. The highest BCUT2D eigenvalue weighted by Gasteiger charge is 2.51. The molecule has 1 saturated heterocycles. The van der Waals surface area contributed by atoms with Crippen LogP contribution in [0, 0.1) is 17.8 Å². The minimum atomic E-state index is -0.452. The molecule has 6 heteroatoms. The number of benzene rings is 2. The minimum absolute atomic E-state index is 0.00717. The summed E-state index contributed by atoms with van der Waals surface area (Å²) in [5.41, 5.74) is 1.44. The van der Waals surface area contributed by atoms with Gasteiger partial charge in [0.05, 0.1) is 18.0 Å². The molecule has 218 valence electrons. The monoisotopic (exact) mass is 556 g/mol. The number of nitrogens with zero attached hydrogens (tertiary/aromatic N) is 1. The third-order valence-electron chi connectivity index (χ3n) is 9.54. The van der Waals surface area contributed by atoms with E-state index < -0.39 is 6.04 Å². The Bertz CT molecular complexity index is 1200. The molecule has 2 saturated carbocycles. The van der Waals surface area contributed by atoms with E-state index in [9.17, 15) is 19.2 Å². The summed E-state index contributed by atoms with van der Waals surface area (Å²) in [7, 11) is 0. The maximum absolute atomic E-state index is 14.0. The van der Waals surface area contributed by atoms with Crippen LogP contribution in [-0.4, -0.2) is 34.4 Å². The standard InChI is InChI=1S/C35H44N2O4/c38-28(24-31(25-15-8-5-9-16-25)36-33(39)26-17-10-6-11-18-26)23-27-19-7-1-2-12-20-29(27)34(40)37-32-22-14-4-3-13-21-30(32)35(37)41/h5-6,8-11,15-18,27,29-32H,1-4,7,12-14,19-24H2,(H,36,39)/t27-,29?,30?,31?,32+/m0/s1. The number of hydrogen-bond donors (Lipinski definition) is 1. The molecular weight excluding hydrogens is 512 g/mol. The highest BCUT2D eigenvalue weighted by Crippen LogP contribution is 2.41. The first-order valence-corrected chi connectivity index (χ1v) is 15.8. The largest absolute Gasteiger partial charge is 0.345 e. The van der Waals surface area contributed by atoms with Gasteiger partial charge in [0, 0.05) is 24.3 Å². The Hall–Kier alpha value is -3.28. The fourth-order valence-electron chi connectivity index (χ4n) is 7.28. The number of β-lactam (4-membered cyclic amide) rings is 1. The SMILES string of the molecule is O=C(CC(NC(=O)c1ccccc1)c1ccccc1)C[C@@H]1CCCCCCC1C(=O)N1C(=O)C2CCCCCC[C@H]21. The van der Waals surface area contributed by atoms with Crippen molar-refractivity contribution in [3.8, 4) is 0 Å². The molecule has 0 aromatic heterocycles. The van der Waals surface area contributed by atoms with Gasteiger partial charge in [-0.1, -0.05) is 99.9 Å². The summed E-state index contributed by atoms with van der Waals surface area (Å²) in [5.74, 6) is -0.533. The van der Waals surface area contributed by atoms with Crippen molar-refractivity contribution in [1.29, 1.82) is 0 Å². The second-order valence-corrected chi connectivity index (χ2v) is 12.3. The van der Waals surface area contributed by atoms with Crippen LogP contribution in [0.1, 0.15) is 112 Å². The summed E-state index contributed by atoms with van der Waals surface area (Å²) in [6.07, 6.45) is 12.5. The van der Waals surface area contributed by atoms with Crippen LogP contribution in [0.2, 0.25) is 0 Å². The van der Waals surface area contributed by atoms with E-state index in [2.05, 4.69) is 5.32 Å². The van der Waals surface area contributed by atoms with Crippen LogP contribution in [0.4, 0.5) is 0 Å². The highest BCUT2D eigenvalue weighted by molar-refractivity contribution is 6.03. The van der Waals surface area contributed by atoms with Gasteiger partial charge in [-0.25, -0.2) is 0 Å². The van der Waals surface area contributed by atoms with E-state index in [0.29, 0.717) is 12.0 Å². The molecule has 3 aliphatic rings. The predicted molar refractivity (Wildman–Crippen MR) is 159 cm³/mol. The van der Waals surface area contributed by atoms with Gasteiger partial charge in [-0.05, 0) is 49.3 Å². The summed E-state index contributed by atoms with van der Waals surface area (Å²) >= 11 is 0. The van der Waals surface area contributed by atoms with Crippen LogP contribution >= 0.6 is 0 Å². The Balaban J connectivity index is 1.29. The minimum Gasteiger partial charge on any atom is -0.345 e. The molecule has 1 heterocycles. The molecule has 2 aliphatic carbocycles. The Morgan fingerprint density at radius 2 is 1.37 bits per heavy atom. The molecule has 6 nitrogen and oxygen atoms in total. The lowest BCUT2D eigenvalue weighted by Gasteiger charge is -2.49. The van der Waals surface area contributed by atoms with Crippen LogP contribution in [0.15, 0.2) is 60.7 Å². The van der Waals surface area contributed by atoms with E-state index in [0.717, 1.165) is 69.8 Å². The van der Waals surface area contributed by atoms with Gasteiger partial charge >= 0.3 is 0 Å². The topological polar surface area (TPSA) is 83.6 Å². The fraction of sp³-hybridized carbons (Fsp3) is 0.543. The van der Waals surface area contributed by atoms with E-state index >= 15 is 0 Å². The number of fused-ring (bicyclic) bond motifs is 1. The van der Waals surface area contributed by atoms with Crippen molar-refractivity contribution in [3.05, 3.63) is 71.8 Å². The number of carbonyl (C=O) groups is 4. The predicted octanol–water partition coefficient (Wildman–Crippen LogP) is 6.80. The zero-order chi connectivity index (χ0) is 28.6. The molecule has 0 bridgehead atoms. The van der Waals surface area contributed by atoms with E-state index in [1.54, 1.807) is 17.0 Å². The van der Waals surface area contributed by atoms with Gasteiger partial charge < -0.3 is 5.32 Å². The molecule has 2 aromatic rings. The molecular formula is C35H44N2O4. The first-order chi connectivity index (χ1) is 20.0. The molecule has 0 spiro atoms. The number of nitrogens with one attached hydrogen (secondary N) is 1. The summed E-state index contributed by atoms with van der Waals surface area (Å²) in [4.78, 5) is 55.4. The van der Waals surface area contributed by atoms with Crippen molar-refractivity contribution in [2.75, 3.05) is 0 Å². The van der Waals surface area contributed by atoms with Gasteiger partial charge in [-0.3, -0.25) is 24.1 Å². The van der Waals surface area contributed by atoms with Crippen LogP contribution in [-0.2, 0) is 14.4 Å². The van der Waals surface area contributed by atoms with E-state index in [4.69, 9.17) is 0 Å². The zero-order valence-corrected chi connectivity index (χ0v) is 24.1. The number of imide groups is 1. The van der Waals surface area contributed by atoms with Gasteiger partial charge in [0.1, 0.15) is 5.78 Å². The number of Topliss-reactive ketones (excluding diaryl/α,β-unsaturated/α-hetero) is 1. The summed E-state index contributed by atoms with van der Waals surface area (Å²) in [6, 6.07) is 18.3. The molecule has 5 rings (SSSR count). The van der Waals surface area contributed by atoms with E-state index in [1.165, 1.54) is 12.8 Å². The van der Waals surface area contributed by atoms with Crippen molar-refractivity contribution in [2.24, 2.45) is 17.8 Å². The van der Waals surface area contributed by atoms with Crippen molar-refractivity contribution in [1.82, 2.24) is 10.2 Å². The van der Waals surface area contributed by atoms with Gasteiger partial charge in [-0.2, -0.15) is 0 Å². The van der Waals surface area contributed by atoms with Crippen molar-refractivity contribution >= 4 is 23.5 Å². The number of amides is 3. The van der Waals surface area contributed by atoms with Crippen LogP contribution in [0.5, 0.6) is 0 Å². The van der Waals surface area contributed by atoms with Gasteiger partial charge in [0.25, 0.3) is 5.91 Å². The van der Waals surface area contributed by atoms with Crippen LogP contribution in [0.25, 0.3) is 0 Å². The lowest BCUT2D eigenvalue weighted by atomic mass is 9.74. The molecule has 3 unspecified atom stereocenters. The number of hydrogen-bond acceptors (Lipinski definition) is 4. The van der Waals surface area contributed by atoms with Crippen LogP contribution < -0.4 is 5.32 Å². The lowest BCUT2D eigenvalue weighted by Crippen LogP contribution is -2.64. The molecule has 1 N–H and O–H groups in total. The molecule has 1 aliphatic heterocycles. The number of ketones is 1. The average molecular weight is 557 g/mol. The third-order valence-corrected chi connectivity index (χ3v) is 9.54. The maximum atomic E-state index is 14.0. The van der Waals surface area contributed by atoms with Gasteiger partial charge in [0.15, 0.2) is 0 Å². The average Bonchev–Trinajstić information content (AvgIpc) is 2.96. The third kappa shape index (κ3) is 7.14. The first kappa shape index (κ1) is 29.2. The smallest absolute Gasteiger partial charge is 0.251 e. The molecule has 41 heavy (non-hydrogen) atoms. The Labute approximate surface area is 244 Å². The lowest BCUT2D eigenvalue weighted by molar-refractivity contribution is -0.171.